The van der Waals surface area contributed by atoms with Crippen LogP contribution in [-0.2, 0) is 4.84 Å². The van der Waals surface area contributed by atoms with Gasteiger partial charge in [-0.15, -0.1) is 0 Å². The van der Waals surface area contributed by atoms with Crippen molar-refractivity contribution in [3.8, 4) is 0 Å². The highest BCUT2D eigenvalue weighted by atomic mass is 16.6. The molecule has 0 bridgehead atoms. The summed E-state index contributed by atoms with van der Waals surface area (Å²) in [6.45, 7) is 4.47. The van der Waals surface area contributed by atoms with Gasteiger partial charge >= 0.3 is 0 Å². The number of rotatable bonds is 0. The smallest absolute Gasteiger partial charge is 0.235 e. The van der Waals surface area contributed by atoms with E-state index >= 15 is 0 Å². The van der Waals surface area contributed by atoms with E-state index < -0.39 is 0 Å². The molecule has 6 heavy (non-hydrogen) atoms. The Balaban J connectivity index is 2.45. The molecule has 0 atom stereocenters. The first-order chi connectivity index (χ1) is 2.89. The van der Waals surface area contributed by atoms with Crippen LogP contribution in [0.4, 0.5) is 0 Å². The van der Waals surface area contributed by atoms with Gasteiger partial charge in [-0.3, -0.25) is 0 Å². The maximum absolute atomic E-state index is 4.39. The predicted octanol–water partition coefficient (Wildman–Crippen LogP) is 0.821. The lowest BCUT2D eigenvalue weighted by molar-refractivity contribution is 0.234. The van der Waals surface area contributed by atoms with Crippen LogP contribution in [0.5, 0.6) is 0 Å². The fourth-order valence-corrected chi connectivity index (χ4v) is 0.279. The molecule has 2 radical (unpaired) electrons. The molecule has 0 aromatic carbocycles. The van der Waals surface area contributed by atoms with Crippen LogP contribution < -0.4 is 0 Å². The highest BCUT2D eigenvalue weighted by molar-refractivity contribution is 5.83. The topological polar surface area (TPSA) is 21.6 Å². The van der Waals surface area contributed by atoms with E-state index in [1.165, 1.54) is 0 Å². The van der Waals surface area contributed by atoms with E-state index in [1.807, 2.05) is 6.92 Å². The standard InChI is InChI=1S/C4H5NO/c1-4-2-3-6-5-4/h2H2,1H3. The quantitative estimate of drug-likeness (QED) is 0.425. The highest BCUT2D eigenvalue weighted by Crippen LogP contribution is 2.01. The van der Waals surface area contributed by atoms with Gasteiger partial charge < -0.3 is 4.84 Å². The maximum atomic E-state index is 4.39. The number of hydrogen-bond donors (Lipinski definition) is 0. The summed E-state index contributed by atoms with van der Waals surface area (Å²) in [6.07, 6.45) is 0.764. The molecule has 1 heterocycles. The summed E-state index contributed by atoms with van der Waals surface area (Å²) < 4.78 is 0. The second-order valence-corrected chi connectivity index (χ2v) is 1.24. The molecule has 0 amide bonds. The highest BCUT2D eigenvalue weighted by Gasteiger charge is 2.01. The van der Waals surface area contributed by atoms with Gasteiger partial charge in [-0.2, -0.15) is 0 Å². The summed E-state index contributed by atoms with van der Waals surface area (Å²) in [6, 6.07) is 0. The van der Waals surface area contributed by atoms with Crippen molar-refractivity contribution in [2.45, 2.75) is 13.3 Å². The molecule has 0 spiro atoms. The van der Waals surface area contributed by atoms with E-state index in [4.69, 9.17) is 0 Å². The molecule has 2 nitrogen and oxygen atoms in total. The molecule has 0 aliphatic carbocycles. The normalized spacial score (nSPS) is 19.8. The summed E-state index contributed by atoms with van der Waals surface area (Å²) in [4.78, 5) is 4.39. The lowest BCUT2D eigenvalue weighted by Gasteiger charge is -1.72. The molecular weight excluding hydrogens is 78.0 g/mol. The van der Waals surface area contributed by atoms with Gasteiger partial charge in [0, 0.05) is 6.42 Å². The molecule has 0 saturated heterocycles. The van der Waals surface area contributed by atoms with Crippen LogP contribution in [0.1, 0.15) is 13.3 Å². The monoisotopic (exact) mass is 83.0 g/mol. The number of oxime groups is 1. The third-order valence-corrected chi connectivity index (χ3v) is 0.594. The lowest BCUT2D eigenvalue weighted by atomic mass is 10.3. The first-order valence-corrected chi connectivity index (χ1v) is 1.82. The van der Waals surface area contributed by atoms with Crippen molar-refractivity contribution < 1.29 is 4.84 Å². The van der Waals surface area contributed by atoms with Crippen molar-refractivity contribution in [2.24, 2.45) is 5.16 Å². The van der Waals surface area contributed by atoms with Gasteiger partial charge in [0.25, 0.3) is 0 Å². The largest absolute Gasteiger partial charge is 0.380 e. The zero-order valence-electron chi connectivity index (χ0n) is 3.56. The Morgan fingerprint density at radius 1 is 2.00 bits per heavy atom. The van der Waals surface area contributed by atoms with Crippen LogP contribution in [0.25, 0.3) is 0 Å². The van der Waals surface area contributed by atoms with E-state index in [9.17, 15) is 0 Å². The molecule has 0 fully saturated rings. The molecule has 2 heteroatoms. The van der Waals surface area contributed by atoms with Crippen LogP contribution >= 0.6 is 0 Å². The summed E-state index contributed by atoms with van der Waals surface area (Å²) in [7, 11) is 0. The molecule has 1 aliphatic rings. The van der Waals surface area contributed by atoms with Gasteiger partial charge in [-0.05, 0) is 6.92 Å². The fourth-order valence-electron chi connectivity index (χ4n) is 0.279. The molecule has 32 valence electrons. The van der Waals surface area contributed by atoms with Crippen LogP contribution in [0.15, 0.2) is 5.16 Å². The maximum Gasteiger partial charge on any atom is 0.235 e. The Bertz CT molecular complexity index is 77.6. The van der Waals surface area contributed by atoms with Crippen molar-refractivity contribution in [1.29, 1.82) is 0 Å². The van der Waals surface area contributed by atoms with Crippen molar-refractivity contribution >= 4 is 5.71 Å². The molecular formula is C4H5NO. The van der Waals surface area contributed by atoms with E-state index in [0.717, 1.165) is 12.1 Å². The SMILES string of the molecule is CC1=NO[C]C1. The third kappa shape index (κ3) is 0.506. The minimum atomic E-state index is 0.764. The van der Waals surface area contributed by atoms with Crippen LogP contribution in [0.2, 0.25) is 0 Å². The summed E-state index contributed by atoms with van der Waals surface area (Å²) >= 11 is 0. The molecule has 0 unspecified atom stereocenters. The average molecular weight is 83.1 g/mol. The van der Waals surface area contributed by atoms with E-state index in [-0.39, 0.29) is 0 Å². The number of hydrogen-bond acceptors (Lipinski definition) is 2. The average Bonchev–Trinajstić information content (AvgIpc) is 1.86. The second-order valence-electron chi connectivity index (χ2n) is 1.24. The summed E-state index contributed by atoms with van der Waals surface area (Å²) in [5.41, 5.74) is 0.995. The molecule has 1 rings (SSSR count). The third-order valence-electron chi connectivity index (χ3n) is 0.594. The van der Waals surface area contributed by atoms with Gasteiger partial charge in [0.15, 0.2) is 0 Å². The first-order valence-electron chi connectivity index (χ1n) is 1.82. The lowest BCUT2D eigenvalue weighted by Crippen LogP contribution is -1.78. The minimum absolute atomic E-state index is 0.764. The first kappa shape index (κ1) is 3.65. The van der Waals surface area contributed by atoms with Crippen LogP contribution in [0, 0.1) is 6.61 Å². The van der Waals surface area contributed by atoms with Crippen LogP contribution in [0.3, 0.4) is 0 Å². The van der Waals surface area contributed by atoms with Crippen molar-refractivity contribution in [3.05, 3.63) is 6.61 Å². The Hall–Kier alpha value is -0.530. The molecule has 0 aromatic rings. The van der Waals surface area contributed by atoms with Gasteiger partial charge in [0.05, 0.1) is 5.71 Å². The van der Waals surface area contributed by atoms with Gasteiger partial charge in [0.1, 0.15) is 0 Å². The summed E-state index contributed by atoms with van der Waals surface area (Å²) in [5, 5.41) is 3.54. The van der Waals surface area contributed by atoms with Crippen LogP contribution in [-0.4, -0.2) is 5.71 Å². The molecule has 1 aliphatic heterocycles. The predicted molar refractivity (Wildman–Crippen MR) is 22.1 cm³/mol. The van der Waals surface area contributed by atoms with E-state index in [0.29, 0.717) is 0 Å². The van der Waals surface area contributed by atoms with Gasteiger partial charge in [-0.25, -0.2) is 0 Å². The fraction of sp³-hybridized carbons (Fsp3) is 0.500. The van der Waals surface area contributed by atoms with E-state index in [2.05, 4.69) is 16.6 Å². The zero-order chi connectivity index (χ0) is 4.41. The van der Waals surface area contributed by atoms with Gasteiger partial charge in [-0.1, -0.05) is 5.16 Å². The minimum Gasteiger partial charge on any atom is -0.380 e. The van der Waals surface area contributed by atoms with Crippen molar-refractivity contribution in [1.82, 2.24) is 0 Å². The second kappa shape index (κ2) is 1.29. The zero-order valence-corrected chi connectivity index (χ0v) is 3.56. The Morgan fingerprint density at radius 3 is 3.00 bits per heavy atom. The summed E-state index contributed by atoms with van der Waals surface area (Å²) in [5.74, 6) is 0. The number of nitrogens with zero attached hydrogens (tertiary/aromatic N) is 1. The van der Waals surface area contributed by atoms with Crippen molar-refractivity contribution in [2.75, 3.05) is 0 Å². The molecule has 0 saturated carbocycles. The molecule has 0 N–H and O–H groups in total. The Labute approximate surface area is 36.8 Å². The van der Waals surface area contributed by atoms with E-state index in [1.54, 1.807) is 0 Å². The Morgan fingerprint density at radius 2 is 2.83 bits per heavy atom. The Kier molecular flexibility index (Phi) is 0.783. The van der Waals surface area contributed by atoms with Crippen molar-refractivity contribution in [3.63, 3.8) is 0 Å². The van der Waals surface area contributed by atoms with Gasteiger partial charge in [0.2, 0.25) is 6.61 Å². The molecule has 0 aromatic heterocycles.